The van der Waals surface area contributed by atoms with Crippen molar-refractivity contribution in [1.29, 1.82) is 5.26 Å². The van der Waals surface area contributed by atoms with Gasteiger partial charge in [-0.25, -0.2) is 4.79 Å². The average Bonchev–Trinajstić information content (AvgIpc) is 2.71. The molecule has 0 radical (unpaired) electrons. The van der Waals surface area contributed by atoms with Gasteiger partial charge in [-0.2, -0.15) is 5.26 Å². The van der Waals surface area contributed by atoms with E-state index < -0.39 is 24.0 Å². The lowest BCUT2D eigenvalue weighted by Crippen LogP contribution is -2.50. The lowest BCUT2D eigenvalue weighted by molar-refractivity contribution is -0.125. The molecular weight excluding hydrogens is 392 g/mol. The summed E-state index contributed by atoms with van der Waals surface area (Å²) in [6.45, 7) is 4.63. The minimum Gasteiger partial charge on any atom is -0.452 e. The van der Waals surface area contributed by atoms with E-state index in [1.165, 1.54) is 12.1 Å². The van der Waals surface area contributed by atoms with Gasteiger partial charge in [0.1, 0.15) is 5.54 Å². The van der Waals surface area contributed by atoms with Gasteiger partial charge in [0.15, 0.2) is 12.4 Å². The summed E-state index contributed by atoms with van der Waals surface area (Å²) in [6, 6.07) is 14.5. The molecule has 0 heterocycles. The minimum atomic E-state index is -1.08. The standard InChI is InChI=1S/C22H21ClN2O4/c1-14(2)22(3,13-24)25-19(26)12-29-21(28)18-7-5-4-6-17(18)20(27)15-8-10-16(23)11-9-15/h4-11,14H,12H2,1-3H3,(H,25,26)/t22-/m1/s1. The Balaban J connectivity index is 2.12. The number of esters is 1. The lowest BCUT2D eigenvalue weighted by atomic mass is 9.90. The molecular formula is C22H21ClN2O4. The monoisotopic (exact) mass is 412 g/mol. The van der Waals surface area contributed by atoms with E-state index in [4.69, 9.17) is 16.3 Å². The number of benzene rings is 2. The van der Waals surface area contributed by atoms with Crippen molar-refractivity contribution in [2.45, 2.75) is 26.3 Å². The highest BCUT2D eigenvalue weighted by Gasteiger charge is 2.30. The van der Waals surface area contributed by atoms with Crippen LogP contribution in [-0.4, -0.2) is 29.8 Å². The Morgan fingerprint density at radius 1 is 1.10 bits per heavy atom. The Morgan fingerprint density at radius 2 is 1.69 bits per heavy atom. The second kappa shape index (κ2) is 9.35. The molecule has 29 heavy (non-hydrogen) atoms. The van der Waals surface area contributed by atoms with Gasteiger partial charge in [0.05, 0.1) is 11.6 Å². The summed E-state index contributed by atoms with van der Waals surface area (Å²) in [6.07, 6.45) is 0. The van der Waals surface area contributed by atoms with E-state index in [1.54, 1.807) is 57.2 Å². The van der Waals surface area contributed by atoms with Crippen LogP contribution in [0.4, 0.5) is 0 Å². The highest BCUT2D eigenvalue weighted by molar-refractivity contribution is 6.30. The summed E-state index contributed by atoms with van der Waals surface area (Å²) < 4.78 is 5.07. The largest absolute Gasteiger partial charge is 0.452 e. The third kappa shape index (κ3) is 5.43. The van der Waals surface area contributed by atoms with Crippen molar-refractivity contribution in [2.75, 3.05) is 6.61 Å². The number of hydrogen-bond donors (Lipinski definition) is 1. The molecule has 6 nitrogen and oxygen atoms in total. The molecule has 1 N–H and O–H groups in total. The van der Waals surface area contributed by atoms with Gasteiger partial charge >= 0.3 is 5.97 Å². The maximum atomic E-state index is 12.8. The van der Waals surface area contributed by atoms with Crippen LogP contribution in [0.15, 0.2) is 48.5 Å². The van der Waals surface area contributed by atoms with E-state index in [0.717, 1.165) is 0 Å². The zero-order chi connectivity index (χ0) is 21.6. The highest BCUT2D eigenvalue weighted by Crippen LogP contribution is 2.18. The quantitative estimate of drug-likeness (QED) is 0.551. The summed E-state index contributed by atoms with van der Waals surface area (Å²) in [5.74, 6) is -1.90. The van der Waals surface area contributed by atoms with E-state index in [0.29, 0.717) is 10.6 Å². The summed E-state index contributed by atoms with van der Waals surface area (Å²) in [5.41, 5.74) is -0.503. The molecule has 2 aromatic carbocycles. The first kappa shape index (κ1) is 22.1. The van der Waals surface area contributed by atoms with Gasteiger partial charge in [0.25, 0.3) is 5.91 Å². The Bertz CT molecular complexity index is 964. The third-order valence-corrected chi connectivity index (χ3v) is 4.87. The number of carbonyl (C=O) groups excluding carboxylic acids is 3. The smallest absolute Gasteiger partial charge is 0.339 e. The SMILES string of the molecule is CC(C)[C@@](C)(C#N)NC(=O)COC(=O)c1ccccc1C(=O)c1ccc(Cl)cc1. The molecule has 1 atom stereocenters. The van der Waals surface area contributed by atoms with Gasteiger partial charge in [-0.3, -0.25) is 9.59 Å². The molecule has 0 aliphatic carbocycles. The number of nitriles is 1. The second-order valence-electron chi connectivity index (χ2n) is 6.97. The van der Waals surface area contributed by atoms with Crippen LogP contribution in [0.2, 0.25) is 5.02 Å². The fourth-order valence-electron chi connectivity index (χ4n) is 2.45. The van der Waals surface area contributed by atoms with Crippen LogP contribution >= 0.6 is 11.6 Å². The van der Waals surface area contributed by atoms with E-state index in [2.05, 4.69) is 5.32 Å². The fourth-order valence-corrected chi connectivity index (χ4v) is 2.58. The topological polar surface area (TPSA) is 96.3 Å². The molecule has 2 rings (SSSR count). The van der Waals surface area contributed by atoms with Crippen LogP contribution in [0.1, 0.15) is 47.1 Å². The molecule has 150 valence electrons. The molecule has 0 fully saturated rings. The van der Waals surface area contributed by atoms with Gasteiger partial charge in [0, 0.05) is 16.1 Å². The molecule has 7 heteroatoms. The molecule has 1 amide bonds. The van der Waals surface area contributed by atoms with Gasteiger partial charge in [0.2, 0.25) is 0 Å². The number of ether oxygens (including phenoxy) is 1. The number of amides is 1. The first-order valence-electron chi connectivity index (χ1n) is 8.96. The van der Waals surface area contributed by atoms with Crippen molar-refractivity contribution in [3.8, 4) is 6.07 Å². The van der Waals surface area contributed by atoms with Crippen LogP contribution in [-0.2, 0) is 9.53 Å². The predicted molar refractivity (Wildman–Crippen MR) is 109 cm³/mol. The molecule has 0 unspecified atom stereocenters. The molecule has 0 saturated carbocycles. The predicted octanol–water partition coefficient (Wildman–Crippen LogP) is 3.78. The van der Waals surface area contributed by atoms with Crippen molar-refractivity contribution >= 4 is 29.3 Å². The third-order valence-electron chi connectivity index (χ3n) is 4.62. The van der Waals surface area contributed by atoms with Crippen molar-refractivity contribution in [3.63, 3.8) is 0 Å². The Kier molecular flexibility index (Phi) is 7.13. The van der Waals surface area contributed by atoms with Gasteiger partial charge < -0.3 is 10.1 Å². The van der Waals surface area contributed by atoms with Crippen LogP contribution < -0.4 is 5.32 Å². The van der Waals surface area contributed by atoms with Crippen LogP contribution in [0, 0.1) is 17.2 Å². The molecule has 0 aliphatic heterocycles. The number of nitrogens with one attached hydrogen (secondary N) is 1. The molecule has 0 bridgehead atoms. The van der Waals surface area contributed by atoms with Crippen molar-refractivity contribution < 1.29 is 19.1 Å². The summed E-state index contributed by atoms with van der Waals surface area (Å²) in [4.78, 5) is 37.4. The molecule has 0 aromatic heterocycles. The number of hydrogen-bond acceptors (Lipinski definition) is 5. The Morgan fingerprint density at radius 3 is 2.24 bits per heavy atom. The van der Waals surface area contributed by atoms with Crippen molar-refractivity contribution in [3.05, 3.63) is 70.2 Å². The van der Waals surface area contributed by atoms with E-state index in [-0.39, 0.29) is 22.8 Å². The normalized spacial score (nSPS) is 12.6. The first-order valence-corrected chi connectivity index (χ1v) is 9.34. The zero-order valence-corrected chi connectivity index (χ0v) is 17.1. The number of ketones is 1. The summed E-state index contributed by atoms with van der Waals surface area (Å²) >= 11 is 5.85. The van der Waals surface area contributed by atoms with Crippen molar-refractivity contribution in [2.24, 2.45) is 5.92 Å². The van der Waals surface area contributed by atoms with Crippen LogP contribution in [0.5, 0.6) is 0 Å². The maximum Gasteiger partial charge on any atom is 0.339 e. The van der Waals surface area contributed by atoms with E-state index in [9.17, 15) is 19.6 Å². The lowest BCUT2D eigenvalue weighted by Gasteiger charge is -2.27. The summed E-state index contributed by atoms with van der Waals surface area (Å²) in [7, 11) is 0. The van der Waals surface area contributed by atoms with Crippen molar-refractivity contribution in [1.82, 2.24) is 5.32 Å². The number of carbonyl (C=O) groups is 3. The van der Waals surface area contributed by atoms with Crippen LogP contribution in [0.3, 0.4) is 0 Å². The fraction of sp³-hybridized carbons (Fsp3) is 0.273. The number of nitrogens with zero attached hydrogens (tertiary/aromatic N) is 1. The number of halogens is 1. The molecule has 0 aliphatic rings. The maximum absolute atomic E-state index is 12.8. The van der Waals surface area contributed by atoms with Gasteiger partial charge in [-0.1, -0.05) is 43.6 Å². The van der Waals surface area contributed by atoms with Crippen LogP contribution in [0.25, 0.3) is 0 Å². The molecule has 2 aromatic rings. The molecule has 0 spiro atoms. The average molecular weight is 413 g/mol. The second-order valence-corrected chi connectivity index (χ2v) is 7.41. The first-order chi connectivity index (χ1) is 13.7. The Hall–Kier alpha value is -3.17. The molecule has 0 saturated heterocycles. The number of rotatable bonds is 7. The van der Waals surface area contributed by atoms with Gasteiger partial charge in [-0.15, -0.1) is 0 Å². The van der Waals surface area contributed by atoms with E-state index in [1.807, 2.05) is 6.07 Å². The van der Waals surface area contributed by atoms with Gasteiger partial charge in [-0.05, 0) is 43.2 Å². The zero-order valence-electron chi connectivity index (χ0n) is 16.4. The minimum absolute atomic E-state index is 0.0483. The summed E-state index contributed by atoms with van der Waals surface area (Å²) in [5, 5.41) is 12.3. The highest BCUT2D eigenvalue weighted by atomic mass is 35.5. The Labute approximate surface area is 174 Å². The van der Waals surface area contributed by atoms with E-state index >= 15 is 0 Å².